The Labute approximate surface area is 178 Å². The number of rotatable bonds is 4. The molecule has 3 aromatic rings. The minimum Gasteiger partial charge on any atom is -0.378 e. The molecule has 156 valence electrons. The molecular weight excluding hydrogens is 400 g/mol. The number of carbonyl (C=O) groups excluding carboxylic acids is 1. The second kappa shape index (κ2) is 8.94. The van der Waals surface area contributed by atoms with Crippen molar-refractivity contribution in [2.75, 3.05) is 31.6 Å². The molecule has 31 heavy (non-hydrogen) atoms. The average molecular weight is 419 g/mol. The first-order valence-corrected chi connectivity index (χ1v) is 9.79. The number of morpholine rings is 1. The van der Waals surface area contributed by atoms with Crippen LogP contribution in [0.15, 0.2) is 60.7 Å². The fraction of sp³-hybridized carbons (Fsp3) is 0.167. The number of nitrogens with one attached hydrogen (secondary N) is 1. The Hall–Kier alpha value is -3.76. The molecule has 0 bridgehead atoms. The Morgan fingerprint density at radius 3 is 2.48 bits per heavy atom. The maximum Gasteiger partial charge on any atom is 0.254 e. The number of halogens is 2. The summed E-state index contributed by atoms with van der Waals surface area (Å²) in [6, 6.07) is 17.8. The quantitative estimate of drug-likeness (QED) is 0.665. The van der Waals surface area contributed by atoms with Crippen molar-refractivity contribution in [2.45, 2.75) is 0 Å². The van der Waals surface area contributed by atoms with Gasteiger partial charge in [0.05, 0.1) is 24.5 Å². The van der Waals surface area contributed by atoms with E-state index < -0.39 is 11.6 Å². The molecule has 3 aromatic carbocycles. The van der Waals surface area contributed by atoms with Crippen LogP contribution in [0.2, 0.25) is 0 Å². The maximum atomic E-state index is 14.1. The molecule has 1 N–H and O–H groups in total. The van der Waals surface area contributed by atoms with Crippen LogP contribution in [0.5, 0.6) is 0 Å². The van der Waals surface area contributed by atoms with Gasteiger partial charge >= 0.3 is 0 Å². The highest BCUT2D eigenvalue weighted by Crippen LogP contribution is 2.29. The standard InChI is InChI=1S/C24H19F2N3O2/c25-21-3-1-2-20(23(21)26)17-6-9-22(18(14-17)15-27)28-19-7-4-16(5-8-19)24(30)29-10-12-31-13-11-29/h1-9,14,28H,10-13H2. The second-order valence-electron chi connectivity index (χ2n) is 7.08. The molecular formula is C24H19F2N3O2. The van der Waals surface area contributed by atoms with Gasteiger partial charge in [-0.05, 0) is 48.0 Å². The van der Waals surface area contributed by atoms with E-state index in [0.717, 1.165) is 6.07 Å². The fourth-order valence-electron chi connectivity index (χ4n) is 3.44. The molecule has 1 aliphatic rings. The lowest BCUT2D eigenvalue weighted by molar-refractivity contribution is 0.0303. The monoisotopic (exact) mass is 419 g/mol. The Balaban J connectivity index is 1.53. The predicted octanol–water partition coefficient (Wildman–Crippen LogP) is 4.72. The van der Waals surface area contributed by atoms with Gasteiger partial charge in [-0.1, -0.05) is 18.2 Å². The lowest BCUT2D eigenvalue weighted by Crippen LogP contribution is -2.40. The lowest BCUT2D eigenvalue weighted by atomic mass is 10.0. The first kappa shape index (κ1) is 20.5. The van der Waals surface area contributed by atoms with Crippen LogP contribution in [-0.2, 0) is 4.74 Å². The lowest BCUT2D eigenvalue weighted by Gasteiger charge is -2.26. The number of nitriles is 1. The van der Waals surface area contributed by atoms with E-state index in [0.29, 0.717) is 48.8 Å². The number of benzene rings is 3. The maximum absolute atomic E-state index is 14.1. The van der Waals surface area contributed by atoms with E-state index in [4.69, 9.17) is 4.74 Å². The van der Waals surface area contributed by atoms with E-state index in [2.05, 4.69) is 11.4 Å². The highest BCUT2D eigenvalue weighted by molar-refractivity contribution is 5.94. The Kier molecular flexibility index (Phi) is 5.92. The summed E-state index contributed by atoms with van der Waals surface area (Å²) in [5.74, 6) is -1.94. The normalized spacial score (nSPS) is 13.5. The van der Waals surface area contributed by atoms with Gasteiger partial charge in [-0.15, -0.1) is 0 Å². The van der Waals surface area contributed by atoms with E-state index in [1.165, 1.54) is 18.2 Å². The summed E-state index contributed by atoms with van der Waals surface area (Å²) >= 11 is 0. The van der Waals surface area contributed by atoms with E-state index in [1.807, 2.05) is 0 Å². The molecule has 0 radical (unpaired) electrons. The average Bonchev–Trinajstić information content (AvgIpc) is 2.82. The minimum atomic E-state index is -0.951. The third-order valence-corrected chi connectivity index (χ3v) is 5.11. The van der Waals surface area contributed by atoms with Gasteiger partial charge in [0, 0.05) is 29.9 Å². The summed E-state index contributed by atoms with van der Waals surface area (Å²) in [6.45, 7) is 2.22. The highest BCUT2D eigenvalue weighted by atomic mass is 19.2. The Morgan fingerprint density at radius 1 is 1.03 bits per heavy atom. The zero-order valence-electron chi connectivity index (χ0n) is 16.6. The van der Waals surface area contributed by atoms with Crippen molar-refractivity contribution in [2.24, 2.45) is 0 Å². The molecule has 1 amide bonds. The van der Waals surface area contributed by atoms with Crippen molar-refractivity contribution in [3.63, 3.8) is 0 Å². The zero-order valence-corrected chi connectivity index (χ0v) is 16.6. The van der Waals surface area contributed by atoms with Crippen molar-refractivity contribution in [3.05, 3.63) is 83.4 Å². The molecule has 0 unspecified atom stereocenters. The zero-order chi connectivity index (χ0) is 21.8. The molecule has 1 aliphatic heterocycles. The fourth-order valence-corrected chi connectivity index (χ4v) is 3.44. The number of hydrogen-bond acceptors (Lipinski definition) is 4. The van der Waals surface area contributed by atoms with Gasteiger partial charge in [0.1, 0.15) is 6.07 Å². The second-order valence-corrected chi connectivity index (χ2v) is 7.08. The van der Waals surface area contributed by atoms with Gasteiger partial charge in [-0.2, -0.15) is 5.26 Å². The molecule has 0 saturated carbocycles. The molecule has 0 aromatic heterocycles. The summed E-state index contributed by atoms with van der Waals surface area (Å²) in [7, 11) is 0. The summed E-state index contributed by atoms with van der Waals surface area (Å²) in [5, 5.41) is 12.7. The third-order valence-electron chi connectivity index (χ3n) is 5.11. The van der Waals surface area contributed by atoms with Crippen molar-refractivity contribution < 1.29 is 18.3 Å². The van der Waals surface area contributed by atoms with Crippen LogP contribution in [0, 0.1) is 23.0 Å². The molecule has 0 spiro atoms. The van der Waals surface area contributed by atoms with Crippen LogP contribution >= 0.6 is 0 Å². The molecule has 4 rings (SSSR count). The van der Waals surface area contributed by atoms with Gasteiger partial charge in [0.2, 0.25) is 0 Å². The topological polar surface area (TPSA) is 65.4 Å². The van der Waals surface area contributed by atoms with E-state index in [1.54, 1.807) is 41.3 Å². The highest BCUT2D eigenvalue weighted by Gasteiger charge is 2.18. The van der Waals surface area contributed by atoms with Crippen LogP contribution in [0.1, 0.15) is 15.9 Å². The van der Waals surface area contributed by atoms with Crippen molar-refractivity contribution in [1.82, 2.24) is 4.90 Å². The van der Waals surface area contributed by atoms with Crippen LogP contribution in [0.3, 0.4) is 0 Å². The van der Waals surface area contributed by atoms with Crippen molar-refractivity contribution in [3.8, 4) is 17.2 Å². The van der Waals surface area contributed by atoms with Crippen molar-refractivity contribution >= 4 is 17.3 Å². The summed E-state index contributed by atoms with van der Waals surface area (Å²) in [5.41, 5.74) is 2.58. The summed E-state index contributed by atoms with van der Waals surface area (Å²) in [4.78, 5) is 14.3. The van der Waals surface area contributed by atoms with Crippen LogP contribution in [0.25, 0.3) is 11.1 Å². The number of amides is 1. The number of ether oxygens (including phenoxy) is 1. The molecule has 7 heteroatoms. The minimum absolute atomic E-state index is 0.0472. The number of anilines is 2. The SMILES string of the molecule is N#Cc1cc(-c2cccc(F)c2F)ccc1Nc1ccc(C(=O)N2CCOCC2)cc1. The Bertz CT molecular complexity index is 1150. The van der Waals surface area contributed by atoms with E-state index >= 15 is 0 Å². The smallest absolute Gasteiger partial charge is 0.254 e. The van der Waals surface area contributed by atoms with Gasteiger partial charge < -0.3 is 15.0 Å². The van der Waals surface area contributed by atoms with Gasteiger partial charge in [0.15, 0.2) is 11.6 Å². The van der Waals surface area contributed by atoms with E-state index in [9.17, 15) is 18.8 Å². The molecule has 0 aliphatic carbocycles. The van der Waals surface area contributed by atoms with Crippen molar-refractivity contribution in [1.29, 1.82) is 5.26 Å². The van der Waals surface area contributed by atoms with Gasteiger partial charge in [-0.3, -0.25) is 4.79 Å². The van der Waals surface area contributed by atoms with Crippen LogP contribution in [0.4, 0.5) is 20.2 Å². The number of nitrogens with zero attached hydrogens (tertiary/aromatic N) is 2. The van der Waals surface area contributed by atoms with Gasteiger partial charge in [0.25, 0.3) is 5.91 Å². The van der Waals surface area contributed by atoms with E-state index in [-0.39, 0.29) is 17.0 Å². The van der Waals surface area contributed by atoms with Gasteiger partial charge in [-0.25, -0.2) is 8.78 Å². The largest absolute Gasteiger partial charge is 0.378 e. The molecule has 0 atom stereocenters. The summed E-state index contributed by atoms with van der Waals surface area (Å²) < 4.78 is 32.9. The molecule has 5 nitrogen and oxygen atoms in total. The molecule has 1 heterocycles. The first-order chi connectivity index (χ1) is 15.1. The third kappa shape index (κ3) is 4.39. The van der Waals surface area contributed by atoms with Crippen LogP contribution in [-0.4, -0.2) is 37.1 Å². The summed E-state index contributed by atoms with van der Waals surface area (Å²) in [6.07, 6.45) is 0. The molecule has 1 saturated heterocycles. The first-order valence-electron chi connectivity index (χ1n) is 9.79. The number of hydrogen-bond donors (Lipinski definition) is 1. The number of carbonyl (C=O) groups is 1. The Morgan fingerprint density at radius 2 is 1.77 bits per heavy atom. The van der Waals surface area contributed by atoms with Crippen LogP contribution < -0.4 is 5.32 Å². The predicted molar refractivity (Wildman–Crippen MR) is 113 cm³/mol. The molecule has 1 fully saturated rings.